The van der Waals surface area contributed by atoms with Gasteiger partial charge in [-0.1, -0.05) is 11.8 Å². The number of hydrogen-bond acceptors (Lipinski definition) is 4. The molecule has 1 aliphatic rings. The van der Waals surface area contributed by atoms with Crippen LogP contribution in [0.25, 0.3) is 0 Å². The van der Waals surface area contributed by atoms with E-state index in [4.69, 9.17) is 0 Å². The van der Waals surface area contributed by atoms with Gasteiger partial charge in [0.25, 0.3) is 0 Å². The van der Waals surface area contributed by atoms with Gasteiger partial charge in [-0.2, -0.15) is 0 Å². The standard InChI is InChI=1S/C12H17N3OS/c1-10(17-12-13-6-5-7-14-12)11(16)15-8-3-2-4-9-15/h5-7,10H,2-4,8-9H2,1H3. The maximum atomic E-state index is 12.2. The lowest BCUT2D eigenvalue weighted by molar-refractivity contribution is -0.131. The van der Waals surface area contributed by atoms with Gasteiger partial charge in [0.1, 0.15) is 0 Å². The van der Waals surface area contributed by atoms with Gasteiger partial charge >= 0.3 is 0 Å². The minimum absolute atomic E-state index is 0.101. The molecular weight excluding hydrogens is 234 g/mol. The Kier molecular flexibility index (Phi) is 4.36. The first kappa shape index (κ1) is 12.4. The van der Waals surface area contributed by atoms with E-state index < -0.39 is 0 Å². The molecule has 1 unspecified atom stereocenters. The van der Waals surface area contributed by atoms with Crippen molar-refractivity contribution in [3.05, 3.63) is 18.5 Å². The molecule has 2 rings (SSSR count). The van der Waals surface area contributed by atoms with Gasteiger partial charge in [0, 0.05) is 25.5 Å². The van der Waals surface area contributed by atoms with Gasteiger partial charge < -0.3 is 4.90 Å². The van der Waals surface area contributed by atoms with Crippen molar-refractivity contribution in [2.75, 3.05) is 13.1 Å². The van der Waals surface area contributed by atoms with Crippen LogP contribution in [0.4, 0.5) is 0 Å². The highest BCUT2D eigenvalue weighted by Crippen LogP contribution is 2.21. The van der Waals surface area contributed by atoms with Crippen LogP contribution >= 0.6 is 11.8 Å². The first-order valence-electron chi connectivity index (χ1n) is 6.00. The van der Waals surface area contributed by atoms with E-state index >= 15 is 0 Å². The molecule has 1 fully saturated rings. The normalized spacial score (nSPS) is 17.8. The van der Waals surface area contributed by atoms with E-state index in [-0.39, 0.29) is 11.2 Å². The third-order valence-corrected chi connectivity index (χ3v) is 3.82. The second kappa shape index (κ2) is 6.00. The molecule has 0 spiro atoms. The SMILES string of the molecule is CC(Sc1ncccn1)C(=O)N1CCCCC1. The number of rotatable bonds is 3. The van der Waals surface area contributed by atoms with Crippen molar-refractivity contribution in [1.82, 2.24) is 14.9 Å². The van der Waals surface area contributed by atoms with Gasteiger partial charge in [-0.3, -0.25) is 4.79 Å². The quantitative estimate of drug-likeness (QED) is 0.608. The Bertz CT molecular complexity index is 365. The lowest BCUT2D eigenvalue weighted by atomic mass is 10.1. The Morgan fingerprint density at radius 3 is 2.59 bits per heavy atom. The lowest BCUT2D eigenvalue weighted by Crippen LogP contribution is -2.40. The molecule has 92 valence electrons. The van der Waals surface area contributed by atoms with Gasteiger partial charge in [-0.05, 0) is 32.3 Å². The molecule has 5 heteroatoms. The lowest BCUT2D eigenvalue weighted by Gasteiger charge is -2.28. The van der Waals surface area contributed by atoms with Crippen LogP contribution < -0.4 is 0 Å². The summed E-state index contributed by atoms with van der Waals surface area (Å²) in [6.45, 7) is 3.73. The van der Waals surface area contributed by atoms with Gasteiger partial charge in [0.15, 0.2) is 5.16 Å². The number of nitrogens with zero attached hydrogens (tertiary/aromatic N) is 3. The van der Waals surface area contributed by atoms with E-state index in [9.17, 15) is 4.79 Å². The Morgan fingerprint density at radius 1 is 1.29 bits per heavy atom. The van der Waals surface area contributed by atoms with Crippen molar-refractivity contribution in [3.8, 4) is 0 Å². The number of aromatic nitrogens is 2. The Morgan fingerprint density at radius 2 is 1.94 bits per heavy atom. The molecule has 1 atom stereocenters. The fourth-order valence-corrected chi connectivity index (χ4v) is 2.74. The first-order valence-corrected chi connectivity index (χ1v) is 6.88. The third-order valence-electron chi connectivity index (χ3n) is 2.84. The summed E-state index contributed by atoms with van der Waals surface area (Å²) in [7, 11) is 0. The van der Waals surface area contributed by atoms with Gasteiger partial charge in [-0.15, -0.1) is 0 Å². The number of thioether (sulfide) groups is 1. The molecule has 1 aromatic rings. The predicted octanol–water partition coefficient (Wildman–Crippen LogP) is 1.97. The molecular formula is C12H17N3OS. The number of likely N-dealkylation sites (tertiary alicyclic amines) is 1. The molecule has 0 saturated carbocycles. The minimum atomic E-state index is -0.101. The number of piperidine rings is 1. The monoisotopic (exact) mass is 251 g/mol. The highest BCUT2D eigenvalue weighted by molar-refractivity contribution is 8.00. The van der Waals surface area contributed by atoms with E-state index in [1.54, 1.807) is 18.5 Å². The first-order chi connectivity index (χ1) is 8.27. The van der Waals surface area contributed by atoms with Crippen LogP contribution in [0, 0.1) is 0 Å². The van der Waals surface area contributed by atoms with Crippen molar-refractivity contribution >= 4 is 17.7 Å². The average molecular weight is 251 g/mol. The van der Waals surface area contributed by atoms with Crippen LogP contribution in [0.5, 0.6) is 0 Å². The Hall–Kier alpha value is -1.10. The number of carbonyl (C=O) groups excluding carboxylic acids is 1. The molecule has 1 amide bonds. The summed E-state index contributed by atoms with van der Waals surface area (Å²) in [5.74, 6) is 0.210. The molecule has 2 heterocycles. The molecule has 1 aliphatic heterocycles. The molecule has 4 nitrogen and oxygen atoms in total. The van der Waals surface area contributed by atoms with Crippen molar-refractivity contribution in [2.24, 2.45) is 0 Å². The maximum Gasteiger partial charge on any atom is 0.235 e. The Labute approximate surface area is 106 Å². The van der Waals surface area contributed by atoms with Gasteiger partial charge in [-0.25, -0.2) is 9.97 Å². The smallest absolute Gasteiger partial charge is 0.235 e. The topological polar surface area (TPSA) is 46.1 Å². The van der Waals surface area contributed by atoms with Crippen LogP contribution in [-0.4, -0.2) is 39.1 Å². The molecule has 1 aromatic heterocycles. The number of carbonyl (C=O) groups is 1. The Balaban J connectivity index is 1.90. The van der Waals surface area contributed by atoms with Crippen LogP contribution in [-0.2, 0) is 4.79 Å². The van der Waals surface area contributed by atoms with E-state index in [1.165, 1.54) is 18.2 Å². The molecule has 0 N–H and O–H groups in total. The van der Waals surface area contributed by atoms with Gasteiger partial charge in [0.05, 0.1) is 5.25 Å². The summed E-state index contributed by atoms with van der Waals surface area (Å²) in [5.41, 5.74) is 0. The summed E-state index contributed by atoms with van der Waals surface area (Å²) in [5, 5.41) is 0.570. The van der Waals surface area contributed by atoms with Crippen LogP contribution in [0.2, 0.25) is 0 Å². The van der Waals surface area contributed by atoms with E-state index in [1.807, 2.05) is 11.8 Å². The molecule has 0 radical (unpaired) electrons. The van der Waals surface area contributed by atoms with Crippen molar-refractivity contribution < 1.29 is 4.79 Å². The third kappa shape index (κ3) is 3.43. The summed E-state index contributed by atoms with van der Waals surface area (Å²) in [4.78, 5) is 22.4. The number of amides is 1. The summed E-state index contributed by atoms with van der Waals surface area (Å²) in [6, 6.07) is 1.78. The van der Waals surface area contributed by atoms with Crippen molar-refractivity contribution in [3.63, 3.8) is 0 Å². The second-order valence-electron chi connectivity index (χ2n) is 4.18. The predicted molar refractivity (Wildman–Crippen MR) is 67.8 cm³/mol. The van der Waals surface area contributed by atoms with Crippen LogP contribution in [0.3, 0.4) is 0 Å². The highest BCUT2D eigenvalue weighted by atomic mass is 32.2. The van der Waals surface area contributed by atoms with Crippen molar-refractivity contribution in [2.45, 2.75) is 36.6 Å². The molecule has 17 heavy (non-hydrogen) atoms. The van der Waals surface area contributed by atoms with Crippen LogP contribution in [0.1, 0.15) is 26.2 Å². The van der Waals surface area contributed by atoms with E-state index in [2.05, 4.69) is 9.97 Å². The zero-order chi connectivity index (χ0) is 12.1. The molecule has 0 aromatic carbocycles. The summed E-state index contributed by atoms with van der Waals surface area (Å²) < 4.78 is 0. The molecule has 0 bridgehead atoms. The molecule has 0 aliphatic carbocycles. The fraction of sp³-hybridized carbons (Fsp3) is 0.583. The second-order valence-corrected chi connectivity index (χ2v) is 5.49. The minimum Gasteiger partial charge on any atom is -0.342 e. The number of hydrogen-bond donors (Lipinski definition) is 0. The highest BCUT2D eigenvalue weighted by Gasteiger charge is 2.23. The zero-order valence-electron chi connectivity index (χ0n) is 10.0. The zero-order valence-corrected chi connectivity index (χ0v) is 10.8. The van der Waals surface area contributed by atoms with Crippen LogP contribution in [0.15, 0.2) is 23.6 Å². The van der Waals surface area contributed by atoms with Gasteiger partial charge in [0.2, 0.25) is 5.91 Å². The largest absolute Gasteiger partial charge is 0.342 e. The van der Waals surface area contributed by atoms with E-state index in [0.29, 0.717) is 5.16 Å². The fourth-order valence-electron chi connectivity index (χ4n) is 1.93. The molecule has 1 saturated heterocycles. The van der Waals surface area contributed by atoms with E-state index in [0.717, 1.165) is 25.9 Å². The summed E-state index contributed by atoms with van der Waals surface area (Å²) in [6.07, 6.45) is 6.91. The maximum absolute atomic E-state index is 12.2. The average Bonchev–Trinajstić information content (AvgIpc) is 2.40. The van der Waals surface area contributed by atoms with Crippen molar-refractivity contribution in [1.29, 1.82) is 0 Å². The summed E-state index contributed by atoms with van der Waals surface area (Å²) >= 11 is 1.43.